The summed E-state index contributed by atoms with van der Waals surface area (Å²) in [6.45, 7) is 2.94. The van der Waals surface area contributed by atoms with E-state index in [2.05, 4.69) is 25.6 Å². The molecule has 0 aromatic carbocycles. The molecule has 0 fully saturated rings. The van der Waals surface area contributed by atoms with E-state index in [1.54, 1.807) is 0 Å². The summed E-state index contributed by atoms with van der Waals surface area (Å²) in [5.74, 6) is -1.09. The number of nitrogens with one attached hydrogen (secondary N) is 1. The summed E-state index contributed by atoms with van der Waals surface area (Å²) in [5, 5.41) is 9.40. The Morgan fingerprint density at radius 3 is 2.32 bits per heavy atom. The van der Waals surface area contributed by atoms with Gasteiger partial charge in [-0.1, -0.05) is 0 Å². The van der Waals surface area contributed by atoms with Gasteiger partial charge in [-0.2, -0.15) is 13.2 Å². The highest BCUT2D eigenvalue weighted by Crippen LogP contribution is 2.36. The Hall–Kier alpha value is -0.490. The third-order valence-electron chi connectivity index (χ3n) is 3.26. The quantitative estimate of drug-likeness (QED) is 0.393. The van der Waals surface area contributed by atoms with Crippen LogP contribution in [0.2, 0.25) is 0 Å². The minimum atomic E-state index is -5.06. The standard InChI is InChI=1S/C14H18BrF5N2O2S/c1-12(2,3)25(24)22-13(7-16,6-9(23)14(18,19)20)11-8(17)4-5-10(15)21-11/h4-5,9,22-23H,6-7H2,1-3H3/t9-,13?,25?/m0/s1. The Bertz CT molecular complexity index is 576. The van der Waals surface area contributed by atoms with Gasteiger partial charge in [-0.05, 0) is 48.8 Å². The zero-order chi connectivity index (χ0) is 19.6. The average Bonchev–Trinajstić information content (AvgIpc) is 2.46. The van der Waals surface area contributed by atoms with Crippen LogP contribution in [0.4, 0.5) is 22.0 Å². The molecule has 4 nitrogen and oxygen atoms in total. The normalized spacial score (nSPS) is 17.9. The predicted molar refractivity (Wildman–Crippen MR) is 87.3 cm³/mol. The maximum Gasteiger partial charge on any atom is 0.414 e. The number of rotatable bonds is 6. The SMILES string of the molecule is CC(C)(C)[S+]([O-])NC(CF)(C[C@H](O)C(F)(F)F)c1nc(Br)ccc1F. The largest absolute Gasteiger partial charge is 0.598 e. The maximum atomic E-state index is 14.2. The zero-order valence-corrected chi connectivity index (χ0v) is 16.0. The second-order valence-corrected chi connectivity index (χ2v) is 9.20. The Labute approximate surface area is 153 Å². The second-order valence-electron chi connectivity index (χ2n) is 6.42. The van der Waals surface area contributed by atoms with E-state index < -0.39 is 58.5 Å². The average molecular weight is 453 g/mol. The van der Waals surface area contributed by atoms with Crippen LogP contribution in [-0.2, 0) is 16.9 Å². The van der Waals surface area contributed by atoms with Crippen molar-refractivity contribution in [3.05, 3.63) is 28.2 Å². The summed E-state index contributed by atoms with van der Waals surface area (Å²) in [6.07, 6.45) is -9.32. The Kier molecular flexibility index (Phi) is 7.25. The lowest BCUT2D eigenvalue weighted by Gasteiger charge is -2.36. The van der Waals surface area contributed by atoms with E-state index in [4.69, 9.17) is 0 Å². The van der Waals surface area contributed by atoms with Crippen molar-refractivity contribution in [1.82, 2.24) is 9.71 Å². The van der Waals surface area contributed by atoms with Crippen molar-refractivity contribution in [3.63, 3.8) is 0 Å². The van der Waals surface area contributed by atoms with Crippen LogP contribution < -0.4 is 4.72 Å². The van der Waals surface area contributed by atoms with Gasteiger partial charge in [0, 0.05) is 17.8 Å². The molecule has 1 aromatic heterocycles. The third kappa shape index (κ3) is 5.75. The minimum absolute atomic E-state index is 0.0477. The summed E-state index contributed by atoms with van der Waals surface area (Å²) < 4.78 is 80.1. The van der Waals surface area contributed by atoms with Crippen LogP contribution in [-0.4, -0.2) is 38.3 Å². The summed E-state index contributed by atoms with van der Waals surface area (Å²) in [7, 11) is 0. The molecule has 0 aliphatic rings. The van der Waals surface area contributed by atoms with Gasteiger partial charge in [0.25, 0.3) is 0 Å². The van der Waals surface area contributed by atoms with Crippen LogP contribution in [0.25, 0.3) is 0 Å². The lowest BCUT2D eigenvalue weighted by molar-refractivity contribution is -0.210. The van der Waals surface area contributed by atoms with E-state index in [1.165, 1.54) is 26.8 Å². The van der Waals surface area contributed by atoms with Crippen molar-refractivity contribution in [1.29, 1.82) is 0 Å². The molecule has 0 spiro atoms. The number of aliphatic hydroxyl groups excluding tert-OH is 1. The first-order chi connectivity index (χ1) is 11.2. The molecule has 0 aliphatic carbocycles. The molecule has 1 aromatic rings. The van der Waals surface area contributed by atoms with Gasteiger partial charge in [-0.25, -0.2) is 13.8 Å². The summed E-state index contributed by atoms with van der Waals surface area (Å²) >= 11 is 0.885. The van der Waals surface area contributed by atoms with Gasteiger partial charge in [0.1, 0.15) is 33.1 Å². The molecule has 0 saturated heterocycles. The van der Waals surface area contributed by atoms with Gasteiger partial charge in [0.05, 0.1) is 0 Å². The predicted octanol–water partition coefficient (Wildman–Crippen LogP) is 3.51. The summed E-state index contributed by atoms with van der Waals surface area (Å²) in [5.41, 5.74) is -3.13. The fourth-order valence-electron chi connectivity index (χ4n) is 1.86. The first-order valence-electron chi connectivity index (χ1n) is 7.06. The molecule has 11 heteroatoms. The first-order valence-corrected chi connectivity index (χ1v) is 9.00. The fourth-order valence-corrected chi connectivity index (χ4v) is 3.07. The van der Waals surface area contributed by atoms with Gasteiger partial charge in [-0.3, -0.25) is 0 Å². The molecule has 3 atom stereocenters. The van der Waals surface area contributed by atoms with Gasteiger partial charge in [-0.15, -0.1) is 4.72 Å². The number of alkyl halides is 4. The first kappa shape index (κ1) is 22.6. The van der Waals surface area contributed by atoms with Crippen molar-refractivity contribution in [2.45, 2.75) is 49.8 Å². The van der Waals surface area contributed by atoms with E-state index in [1.807, 2.05) is 0 Å². The highest BCUT2D eigenvalue weighted by atomic mass is 79.9. The van der Waals surface area contributed by atoms with Gasteiger partial charge < -0.3 is 9.66 Å². The molecule has 0 saturated carbocycles. The van der Waals surface area contributed by atoms with Gasteiger partial charge in [0.15, 0.2) is 6.10 Å². The van der Waals surface area contributed by atoms with E-state index in [9.17, 15) is 31.6 Å². The molecule has 1 rings (SSSR count). The zero-order valence-electron chi connectivity index (χ0n) is 13.6. The molecule has 2 N–H and O–H groups in total. The van der Waals surface area contributed by atoms with Crippen molar-refractivity contribution in [3.8, 4) is 0 Å². The lowest BCUT2D eigenvalue weighted by atomic mass is 9.89. The number of hydrogen-bond donors (Lipinski definition) is 2. The van der Waals surface area contributed by atoms with E-state index in [-0.39, 0.29) is 4.60 Å². The van der Waals surface area contributed by atoms with Crippen molar-refractivity contribution < 1.29 is 31.6 Å². The van der Waals surface area contributed by atoms with Crippen molar-refractivity contribution >= 4 is 27.3 Å². The Balaban J connectivity index is 3.44. The molecular weight excluding hydrogens is 435 g/mol. The monoisotopic (exact) mass is 452 g/mol. The molecule has 0 amide bonds. The van der Waals surface area contributed by atoms with E-state index >= 15 is 0 Å². The van der Waals surface area contributed by atoms with Crippen molar-refractivity contribution in [2.24, 2.45) is 0 Å². The molecule has 25 heavy (non-hydrogen) atoms. The topological polar surface area (TPSA) is 68.2 Å². The molecule has 0 radical (unpaired) electrons. The minimum Gasteiger partial charge on any atom is -0.598 e. The van der Waals surface area contributed by atoms with Crippen LogP contribution in [0, 0.1) is 5.82 Å². The second kappa shape index (κ2) is 8.03. The Morgan fingerprint density at radius 2 is 1.88 bits per heavy atom. The number of pyridine rings is 1. The van der Waals surface area contributed by atoms with Crippen LogP contribution >= 0.6 is 15.9 Å². The highest BCUT2D eigenvalue weighted by molar-refractivity contribution is 9.10. The number of nitrogens with zero attached hydrogens (tertiary/aromatic N) is 1. The van der Waals surface area contributed by atoms with E-state index in [0.717, 1.165) is 6.07 Å². The number of halogens is 6. The molecule has 0 bridgehead atoms. The fraction of sp³-hybridized carbons (Fsp3) is 0.643. The number of aliphatic hydroxyl groups is 1. The van der Waals surface area contributed by atoms with Gasteiger partial charge >= 0.3 is 6.18 Å². The molecule has 0 aliphatic heterocycles. The third-order valence-corrected chi connectivity index (χ3v) is 5.39. The lowest BCUT2D eigenvalue weighted by Crippen LogP contribution is -2.56. The maximum absolute atomic E-state index is 14.2. The smallest absolute Gasteiger partial charge is 0.414 e. The number of hydrogen-bond acceptors (Lipinski definition) is 4. The molecule has 2 unspecified atom stereocenters. The molecule has 1 heterocycles. The van der Waals surface area contributed by atoms with Crippen LogP contribution in [0.15, 0.2) is 16.7 Å². The van der Waals surface area contributed by atoms with Crippen LogP contribution in [0.5, 0.6) is 0 Å². The molecule has 144 valence electrons. The summed E-state index contributed by atoms with van der Waals surface area (Å²) in [4.78, 5) is 3.71. The Morgan fingerprint density at radius 1 is 1.32 bits per heavy atom. The highest BCUT2D eigenvalue weighted by Gasteiger charge is 2.50. The number of aromatic nitrogens is 1. The van der Waals surface area contributed by atoms with Crippen LogP contribution in [0.1, 0.15) is 32.9 Å². The summed E-state index contributed by atoms with van der Waals surface area (Å²) in [6, 6.07) is 2.07. The van der Waals surface area contributed by atoms with E-state index in [0.29, 0.717) is 0 Å². The van der Waals surface area contributed by atoms with Crippen molar-refractivity contribution in [2.75, 3.05) is 6.67 Å². The van der Waals surface area contributed by atoms with Crippen LogP contribution in [0.3, 0.4) is 0 Å². The van der Waals surface area contributed by atoms with Gasteiger partial charge in [0.2, 0.25) is 0 Å². The molecular formula is C14H18BrF5N2O2S.